The molecule has 0 aliphatic heterocycles. The second-order valence-corrected chi connectivity index (χ2v) is 6.16. The van der Waals surface area contributed by atoms with Crippen molar-refractivity contribution >= 4 is 23.2 Å². The minimum absolute atomic E-state index is 0.000525. The Morgan fingerprint density at radius 2 is 2.08 bits per heavy atom. The van der Waals surface area contributed by atoms with Gasteiger partial charge in [0.1, 0.15) is 11.4 Å². The molecule has 2 rings (SSSR count). The van der Waals surface area contributed by atoms with Crippen LogP contribution in [0.5, 0.6) is 0 Å². The molecule has 0 aliphatic carbocycles. The summed E-state index contributed by atoms with van der Waals surface area (Å²) in [5.74, 6) is -0.102. The second kappa shape index (κ2) is 7.64. The lowest BCUT2D eigenvalue weighted by molar-refractivity contribution is -0.386. The number of carbonyl (C=O) groups excluding carboxylic acids is 1. The van der Waals surface area contributed by atoms with Gasteiger partial charge in [0.25, 0.3) is 0 Å². The summed E-state index contributed by atoms with van der Waals surface area (Å²) < 4.78 is 3.25. The van der Waals surface area contributed by atoms with Gasteiger partial charge in [-0.1, -0.05) is 11.6 Å². The van der Waals surface area contributed by atoms with Crippen LogP contribution in [0.4, 0.5) is 5.69 Å². The van der Waals surface area contributed by atoms with Crippen LogP contribution in [0, 0.1) is 24.0 Å². The van der Waals surface area contributed by atoms with Crippen LogP contribution in [-0.4, -0.2) is 42.3 Å². The van der Waals surface area contributed by atoms with E-state index in [1.807, 2.05) is 6.92 Å². The average Bonchev–Trinajstić information content (AvgIpc) is 3.04. The van der Waals surface area contributed by atoms with E-state index in [1.54, 1.807) is 36.7 Å². The van der Waals surface area contributed by atoms with Gasteiger partial charge in [-0.3, -0.25) is 24.3 Å². The number of nitro groups is 1. The van der Waals surface area contributed by atoms with Crippen molar-refractivity contribution < 1.29 is 9.72 Å². The maximum absolute atomic E-state index is 12.4. The van der Waals surface area contributed by atoms with E-state index >= 15 is 0 Å². The lowest BCUT2D eigenvalue weighted by atomic mass is 10.3. The van der Waals surface area contributed by atoms with E-state index in [9.17, 15) is 14.9 Å². The predicted octanol–water partition coefficient (Wildman–Crippen LogP) is 2.33. The van der Waals surface area contributed by atoms with Gasteiger partial charge >= 0.3 is 5.69 Å². The van der Waals surface area contributed by atoms with Crippen molar-refractivity contribution in [1.29, 1.82) is 0 Å². The van der Waals surface area contributed by atoms with Crippen molar-refractivity contribution in [3.05, 3.63) is 38.4 Å². The summed E-state index contributed by atoms with van der Waals surface area (Å²) in [6, 6.07) is 0. The molecule has 0 spiro atoms. The van der Waals surface area contributed by atoms with Gasteiger partial charge in [-0.2, -0.15) is 10.2 Å². The molecule has 0 aliphatic rings. The molecule has 0 aromatic carbocycles. The Morgan fingerprint density at radius 3 is 2.64 bits per heavy atom. The molecule has 9 nitrogen and oxygen atoms in total. The van der Waals surface area contributed by atoms with E-state index in [-0.39, 0.29) is 24.6 Å². The first-order valence-electron chi connectivity index (χ1n) is 7.88. The van der Waals surface area contributed by atoms with Crippen LogP contribution in [0.1, 0.15) is 30.4 Å². The molecule has 25 heavy (non-hydrogen) atoms. The Bertz CT molecular complexity index is 798. The maximum atomic E-state index is 12.4. The first-order valence-corrected chi connectivity index (χ1v) is 8.26. The summed E-state index contributed by atoms with van der Waals surface area (Å²) in [5, 5.41) is 19.9. The van der Waals surface area contributed by atoms with Gasteiger partial charge in [0, 0.05) is 20.0 Å². The molecule has 0 unspecified atom stereocenters. The van der Waals surface area contributed by atoms with E-state index in [0.717, 1.165) is 5.69 Å². The van der Waals surface area contributed by atoms with Crippen LogP contribution in [0.2, 0.25) is 5.02 Å². The molecule has 0 saturated heterocycles. The molecule has 1 amide bonds. The second-order valence-electron chi connectivity index (χ2n) is 5.75. The van der Waals surface area contributed by atoms with E-state index in [0.29, 0.717) is 29.5 Å². The summed E-state index contributed by atoms with van der Waals surface area (Å²) in [5.41, 5.74) is 1.58. The number of rotatable bonds is 7. The third-order valence-corrected chi connectivity index (χ3v) is 4.39. The quantitative estimate of drug-likeness (QED) is 0.551. The van der Waals surface area contributed by atoms with E-state index in [1.165, 1.54) is 4.68 Å². The maximum Gasteiger partial charge on any atom is 0.312 e. The molecule has 2 aromatic heterocycles. The van der Waals surface area contributed by atoms with Gasteiger partial charge in [-0.25, -0.2) is 0 Å². The SMILES string of the molecule is CCn1ncc(Cl)c1CN(C)C(=O)CCn1nc(C)c([N+](=O)[O-])c1C. The van der Waals surface area contributed by atoms with E-state index in [2.05, 4.69) is 10.2 Å². The number of aromatic nitrogens is 4. The van der Waals surface area contributed by atoms with Gasteiger partial charge in [0.15, 0.2) is 0 Å². The van der Waals surface area contributed by atoms with E-state index in [4.69, 9.17) is 11.6 Å². The lowest BCUT2D eigenvalue weighted by Crippen LogP contribution is -2.28. The van der Waals surface area contributed by atoms with Crippen molar-refractivity contribution in [3.8, 4) is 0 Å². The molecular formula is C15H21ClN6O3. The summed E-state index contributed by atoms with van der Waals surface area (Å²) in [4.78, 5) is 24.5. The predicted molar refractivity (Wildman–Crippen MR) is 92.4 cm³/mol. The number of nitrogens with zero attached hydrogens (tertiary/aromatic N) is 6. The Balaban J connectivity index is 2.02. The van der Waals surface area contributed by atoms with Gasteiger partial charge in [-0.15, -0.1) is 0 Å². The topological polar surface area (TPSA) is 99.1 Å². The zero-order valence-electron chi connectivity index (χ0n) is 14.7. The summed E-state index contributed by atoms with van der Waals surface area (Å²) >= 11 is 6.12. The highest BCUT2D eigenvalue weighted by Crippen LogP contribution is 2.22. The van der Waals surface area contributed by atoms with Crippen LogP contribution in [0.25, 0.3) is 0 Å². The molecule has 136 valence electrons. The van der Waals surface area contributed by atoms with E-state index < -0.39 is 4.92 Å². The molecule has 0 bridgehead atoms. The molecule has 0 fully saturated rings. The molecule has 0 N–H and O–H groups in total. The van der Waals surface area contributed by atoms with Crippen molar-refractivity contribution in [3.63, 3.8) is 0 Å². The van der Waals surface area contributed by atoms with Crippen LogP contribution < -0.4 is 0 Å². The fourth-order valence-corrected chi connectivity index (χ4v) is 2.89. The van der Waals surface area contributed by atoms with Crippen LogP contribution in [-0.2, 0) is 24.4 Å². The lowest BCUT2D eigenvalue weighted by Gasteiger charge is -2.18. The molecular weight excluding hydrogens is 348 g/mol. The first-order chi connectivity index (χ1) is 11.8. The molecule has 2 heterocycles. The van der Waals surface area contributed by atoms with Crippen LogP contribution in [0.3, 0.4) is 0 Å². The number of hydrogen-bond donors (Lipinski definition) is 0. The molecule has 0 atom stereocenters. The minimum atomic E-state index is -0.448. The van der Waals surface area contributed by atoms with Crippen molar-refractivity contribution in [1.82, 2.24) is 24.5 Å². The summed E-state index contributed by atoms with van der Waals surface area (Å²) in [6.45, 7) is 6.46. The number of amides is 1. The molecule has 10 heteroatoms. The zero-order valence-corrected chi connectivity index (χ0v) is 15.4. The third-order valence-electron chi connectivity index (χ3n) is 4.07. The Morgan fingerprint density at radius 1 is 1.40 bits per heavy atom. The largest absolute Gasteiger partial charge is 0.340 e. The monoisotopic (exact) mass is 368 g/mol. The Kier molecular flexibility index (Phi) is 5.78. The van der Waals surface area contributed by atoms with Crippen LogP contribution in [0.15, 0.2) is 6.20 Å². The standard InChI is InChI=1S/C15H21ClN6O3/c1-5-20-13(12(16)8-17-20)9-19(4)14(23)6-7-21-11(3)15(22(24)25)10(2)18-21/h8H,5-7,9H2,1-4H3. The number of hydrogen-bond acceptors (Lipinski definition) is 5. The van der Waals surface area contributed by atoms with Crippen LogP contribution >= 0.6 is 11.6 Å². The fourth-order valence-electron chi connectivity index (χ4n) is 2.69. The number of halogens is 1. The summed E-state index contributed by atoms with van der Waals surface area (Å²) in [6.07, 6.45) is 1.75. The first kappa shape index (κ1) is 18.9. The average molecular weight is 369 g/mol. The zero-order chi connectivity index (χ0) is 18.7. The Labute approximate surface area is 150 Å². The van der Waals surface area contributed by atoms with Crippen molar-refractivity contribution in [2.24, 2.45) is 0 Å². The van der Waals surface area contributed by atoms with Crippen molar-refractivity contribution in [2.45, 2.75) is 46.8 Å². The fraction of sp³-hybridized carbons (Fsp3) is 0.533. The Hall–Kier alpha value is -2.42. The highest BCUT2D eigenvalue weighted by Gasteiger charge is 2.22. The normalized spacial score (nSPS) is 10.9. The van der Waals surface area contributed by atoms with Gasteiger partial charge in [0.05, 0.1) is 34.9 Å². The number of carbonyl (C=O) groups is 1. The molecule has 2 aromatic rings. The number of aryl methyl sites for hydroxylation is 3. The van der Waals surface area contributed by atoms with Gasteiger partial charge < -0.3 is 4.90 Å². The summed E-state index contributed by atoms with van der Waals surface area (Å²) in [7, 11) is 1.69. The minimum Gasteiger partial charge on any atom is -0.340 e. The van der Waals surface area contributed by atoms with Gasteiger partial charge in [-0.05, 0) is 20.8 Å². The molecule has 0 radical (unpaired) electrons. The third kappa shape index (κ3) is 3.98. The van der Waals surface area contributed by atoms with Crippen molar-refractivity contribution in [2.75, 3.05) is 7.05 Å². The smallest absolute Gasteiger partial charge is 0.312 e. The highest BCUT2D eigenvalue weighted by atomic mass is 35.5. The van der Waals surface area contributed by atoms with Gasteiger partial charge in [0.2, 0.25) is 5.91 Å². The molecule has 0 saturated carbocycles. The highest BCUT2D eigenvalue weighted by molar-refractivity contribution is 6.31.